The van der Waals surface area contributed by atoms with E-state index in [2.05, 4.69) is 5.32 Å². The second kappa shape index (κ2) is 9.08. The maximum absolute atomic E-state index is 13.6. The zero-order valence-corrected chi connectivity index (χ0v) is 19.6. The lowest BCUT2D eigenvalue weighted by Crippen LogP contribution is -2.15. The van der Waals surface area contributed by atoms with Crippen LogP contribution in [0.2, 0.25) is 0 Å². The fourth-order valence-corrected chi connectivity index (χ4v) is 5.03. The van der Waals surface area contributed by atoms with Crippen LogP contribution in [0.15, 0.2) is 78.9 Å². The van der Waals surface area contributed by atoms with E-state index in [9.17, 15) is 9.59 Å². The van der Waals surface area contributed by atoms with Gasteiger partial charge in [-0.05, 0) is 32.0 Å². The molecule has 0 aliphatic heterocycles. The van der Waals surface area contributed by atoms with Crippen LogP contribution in [-0.2, 0) is 4.74 Å². The van der Waals surface area contributed by atoms with Crippen LogP contribution < -0.4 is 5.32 Å². The standard InChI is InChI=1S/C28H22N2O3S/c1-3-33-28(32)25-20-9-5-7-11-24(20)34-27(25)30-26(31)21-16-23(18-14-12-17(2)13-15-18)29-22-10-6-4-8-19(21)22/h4-16H,3H2,1-2H3,(H,30,31). The van der Waals surface area contributed by atoms with Crippen LogP contribution in [-0.4, -0.2) is 23.5 Å². The summed E-state index contributed by atoms with van der Waals surface area (Å²) in [5.41, 5.74) is 4.40. The molecule has 5 aromatic rings. The number of rotatable bonds is 5. The Bertz CT molecular complexity index is 1540. The third kappa shape index (κ3) is 4.04. The Kier molecular flexibility index (Phi) is 5.82. The predicted octanol–water partition coefficient (Wildman–Crippen LogP) is 6.85. The molecule has 1 amide bonds. The van der Waals surface area contributed by atoms with Gasteiger partial charge in [0.25, 0.3) is 5.91 Å². The molecule has 0 radical (unpaired) electrons. The molecule has 5 rings (SSSR count). The van der Waals surface area contributed by atoms with Gasteiger partial charge in [0.1, 0.15) is 10.6 Å². The van der Waals surface area contributed by atoms with Crippen LogP contribution in [0.5, 0.6) is 0 Å². The number of benzene rings is 3. The smallest absolute Gasteiger partial charge is 0.341 e. The number of nitrogens with zero attached hydrogens (tertiary/aromatic N) is 1. The number of fused-ring (bicyclic) bond motifs is 2. The van der Waals surface area contributed by atoms with Gasteiger partial charge < -0.3 is 10.1 Å². The van der Waals surface area contributed by atoms with Crippen LogP contribution in [0.3, 0.4) is 0 Å². The number of carbonyl (C=O) groups excluding carboxylic acids is 2. The van der Waals surface area contributed by atoms with Gasteiger partial charge in [0.05, 0.1) is 23.4 Å². The van der Waals surface area contributed by atoms with Crippen LogP contribution in [0.25, 0.3) is 32.2 Å². The van der Waals surface area contributed by atoms with Crippen LogP contribution in [0.1, 0.15) is 33.2 Å². The Morgan fingerprint density at radius 1 is 0.941 bits per heavy atom. The molecule has 2 aromatic heterocycles. The van der Waals surface area contributed by atoms with Crippen molar-refractivity contribution in [3.8, 4) is 11.3 Å². The van der Waals surface area contributed by atoms with Gasteiger partial charge in [0.2, 0.25) is 0 Å². The lowest BCUT2D eigenvalue weighted by atomic mass is 10.0. The average molecular weight is 467 g/mol. The number of carbonyl (C=O) groups is 2. The second-order valence-corrected chi connectivity index (χ2v) is 8.97. The molecule has 0 bridgehead atoms. The Morgan fingerprint density at radius 2 is 1.65 bits per heavy atom. The molecule has 2 heterocycles. The number of ether oxygens (including phenoxy) is 1. The Balaban J connectivity index is 1.61. The highest BCUT2D eigenvalue weighted by atomic mass is 32.1. The van der Waals surface area contributed by atoms with Crippen molar-refractivity contribution in [2.45, 2.75) is 13.8 Å². The van der Waals surface area contributed by atoms with E-state index < -0.39 is 5.97 Å². The summed E-state index contributed by atoms with van der Waals surface area (Å²) < 4.78 is 6.19. The van der Waals surface area contributed by atoms with Crippen molar-refractivity contribution in [3.05, 3.63) is 95.6 Å². The zero-order chi connectivity index (χ0) is 23.7. The Hall–Kier alpha value is -4.03. The van der Waals surface area contributed by atoms with Crippen molar-refractivity contribution < 1.29 is 14.3 Å². The second-order valence-electron chi connectivity index (χ2n) is 7.92. The predicted molar refractivity (Wildman–Crippen MR) is 138 cm³/mol. The van der Waals surface area contributed by atoms with Crippen molar-refractivity contribution >= 4 is 49.2 Å². The number of aromatic nitrogens is 1. The molecule has 34 heavy (non-hydrogen) atoms. The van der Waals surface area contributed by atoms with Gasteiger partial charge in [-0.25, -0.2) is 9.78 Å². The molecule has 0 saturated heterocycles. The van der Waals surface area contributed by atoms with E-state index in [1.807, 2.05) is 79.7 Å². The van der Waals surface area contributed by atoms with Crippen LogP contribution in [0.4, 0.5) is 5.00 Å². The maximum Gasteiger partial charge on any atom is 0.341 e. The summed E-state index contributed by atoms with van der Waals surface area (Å²) in [5, 5.41) is 4.97. The first kappa shape index (κ1) is 21.8. The number of hydrogen-bond acceptors (Lipinski definition) is 5. The first-order chi connectivity index (χ1) is 16.5. The van der Waals surface area contributed by atoms with Gasteiger partial charge in [0.15, 0.2) is 0 Å². The minimum Gasteiger partial charge on any atom is -0.462 e. The van der Waals surface area contributed by atoms with Crippen molar-refractivity contribution in [2.24, 2.45) is 0 Å². The molecule has 3 aromatic carbocycles. The molecule has 0 fully saturated rings. The minimum atomic E-state index is -0.449. The molecule has 168 valence electrons. The van der Waals surface area contributed by atoms with Crippen LogP contribution >= 0.6 is 11.3 Å². The van der Waals surface area contributed by atoms with Crippen LogP contribution in [0, 0.1) is 6.92 Å². The topological polar surface area (TPSA) is 68.3 Å². The summed E-state index contributed by atoms with van der Waals surface area (Å²) in [6.45, 7) is 4.05. The molecule has 6 heteroatoms. The molecule has 0 unspecified atom stereocenters. The minimum absolute atomic E-state index is 0.255. The van der Waals surface area contributed by atoms with E-state index in [1.165, 1.54) is 11.3 Å². The normalized spacial score (nSPS) is 11.0. The molecule has 0 saturated carbocycles. The van der Waals surface area contributed by atoms with Gasteiger partial charge in [0, 0.05) is 21.0 Å². The molecule has 0 aliphatic carbocycles. The molecule has 0 atom stereocenters. The van der Waals surface area contributed by atoms with Crippen molar-refractivity contribution in [1.82, 2.24) is 4.98 Å². The summed E-state index contributed by atoms with van der Waals surface area (Å²) in [6.07, 6.45) is 0. The molecule has 0 spiro atoms. The van der Waals surface area contributed by atoms with Gasteiger partial charge >= 0.3 is 5.97 Å². The van der Waals surface area contributed by atoms with E-state index in [4.69, 9.17) is 9.72 Å². The highest BCUT2D eigenvalue weighted by Crippen LogP contribution is 2.37. The molecule has 0 aliphatic rings. The average Bonchev–Trinajstić information content (AvgIpc) is 3.21. The van der Waals surface area contributed by atoms with Gasteiger partial charge in [-0.15, -0.1) is 11.3 Å². The zero-order valence-electron chi connectivity index (χ0n) is 18.8. The molecular weight excluding hydrogens is 444 g/mol. The lowest BCUT2D eigenvalue weighted by Gasteiger charge is -2.11. The summed E-state index contributed by atoms with van der Waals surface area (Å²) in [5.74, 6) is -0.751. The number of aryl methyl sites for hydroxylation is 1. The van der Waals surface area contributed by atoms with E-state index in [1.54, 1.807) is 13.0 Å². The summed E-state index contributed by atoms with van der Waals surface area (Å²) in [4.78, 5) is 31.1. The number of para-hydroxylation sites is 1. The number of pyridine rings is 1. The third-order valence-electron chi connectivity index (χ3n) is 5.61. The van der Waals surface area contributed by atoms with E-state index in [0.717, 1.165) is 32.1 Å². The Morgan fingerprint density at radius 3 is 2.41 bits per heavy atom. The monoisotopic (exact) mass is 466 g/mol. The highest BCUT2D eigenvalue weighted by molar-refractivity contribution is 7.23. The highest BCUT2D eigenvalue weighted by Gasteiger charge is 2.23. The van der Waals surface area contributed by atoms with E-state index >= 15 is 0 Å². The summed E-state index contributed by atoms with van der Waals surface area (Å²) in [7, 11) is 0. The number of amides is 1. The number of nitrogens with one attached hydrogen (secondary N) is 1. The third-order valence-corrected chi connectivity index (χ3v) is 6.70. The van der Waals surface area contributed by atoms with E-state index in [-0.39, 0.29) is 12.5 Å². The quantitative estimate of drug-likeness (QED) is 0.288. The van der Waals surface area contributed by atoms with Gasteiger partial charge in [-0.2, -0.15) is 0 Å². The largest absolute Gasteiger partial charge is 0.462 e. The fraction of sp³-hybridized carbons (Fsp3) is 0.107. The lowest BCUT2D eigenvalue weighted by molar-refractivity contribution is 0.0530. The van der Waals surface area contributed by atoms with Crippen molar-refractivity contribution in [3.63, 3.8) is 0 Å². The van der Waals surface area contributed by atoms with Crippen molar-refractivity contribution in [1.29, 1.82) is 0 Å². The SMILES string of the molecule is CCOC(=O)c1c(NC(=O)c2cc(-c3ccc(C)cc3)nc3ccccc23)sc2ccccc12. The molecule has 1 N–H and O–H groups in total. The van der Waals surface area contributed by atoms with Gasteiger partial charge in [-0.1, -0.05) is 66.2 Å². The van der Waals surface area contributed by atoms with E-state index in [0.29, 0.717) is 21.8 Å². The molecular formula is C28H22N2O3S. The first-order valence-corrected chi connectivity index (χ1v) is 11.8. The van der Waals surface area contributed by atoms with Crippen molar-refractivity contribution in [2.75, 3.05) is 11.9 Å². The maximum atomic E-state index is 13.6. The number of anilines is 1. The first-order valence-electron chi connectivity index (χ1n) is 11.0. The number of thiophene rings is 1. The Labute approximate surface area is 201 Å². The fourth-order valence-electron chi connectivity index (χ4n) is 3.95. The summed E-state index contributed by atoms with van der Waals surface area (Å²) >= 11 is 1.36. The molecule has 5 nitrogen and oxygen atoms in total. The number of hydrogen-bond donors (Lipinski definition) is 1. The summed E-state index contributed by atoms with van der Waals surface area (Å²) in [6, 6.07) is 25.0. The van der Waals surface area contributed by atoms with Gasteiger partial charge in [-0.3, -0.25) is 4.79 Å². The number of esters is 1.